The van der Waals surface area contributed by atoms with E-state index in [9.17, 15) is 22.8 Å². The first-order valence-electron chi connectivity index (χ1n) is 10.6. The molecule has 0 saturated heterocycles. The van der Waals surface area contributed by atoms with Gasteiger partial charge in [-0.25, -0.2) is 9.67 Å². The molecule has 34 heavy (non-hydrogen) atoms. The van der Waals surface area contributed by atoms with Crippen LogP contribution in [0.2, 0.25) is 0 Å². The second kappa shape index (κ2) is 9.66. The number of rotatable bonds is 6. The fraction of sp³-hybridized carbons (Fsp3) is 0.333. The number of carbonyl (C=O) groups is 2. The first-order valence-corrected chi connectivity index (χ1v) is 10.6. The SMILES string of the molecule is Cc1ccc(C)c(NC(=O)CN(C)C(=O)c2cnn(-c3ccc(C(F)(F)F)cn3)c2C(C)C)c1. The zero-order valence-electron chi connectivity index (χ0n) is 19.6. The number of benzene rings is 1. The summed E-state index contributed by atoms with van der Waals surface area (Å²) in [7, 11) is 1.50. The highest BCUT2D eigenvalue weighted by molar-refractivity contribution is 6.00. The predicted octanol–water partition coefficient (Wildman–Crippen LogP) is 4.74. The van der Waals surface area contributed by atoms with E-state index >= 15 is 0 Å². The lowest BCUT2D eigenvalue weighted by Crippen LogP contribution is -2.35. The van der Waals surface area contributed by atoms with Crippen molar-refractivity contribution >= 4 is 17.5 Å². The molecule has 3 rings (SSSR count). The quantitative estimate of drug-likeness (QED) is 0.561. The van der Waals surface area contributed by atoms with Crippen molar-refractivity contribution < 1.29 is 22.8 Å². The summed E-state index contributed by atoms with van der Waals surface area (Å²) in [5, 5.41) is 7.01. The Bertz CT molecular complexity index is 1200. The molecule has 0 aliphatic carbocycles. The normalized spacial score (nSPS) is 11.6. The average Bonchev–Trinajstić information content (AvgIpc) is 3.20. The van der Waals surface area contributed by atoms with Crippen LogP contribution in [-0.2, 0) is 11.0 Å². The van der Waals surface area contributed by atoms with Gasteiger partial charge in [-0.05, 0) is 49.1 Å². The lowest BCUT2D eigenvalue weighted by molar-refractivity contribution is -0.137. The number of amides is 2. The predicted molar refractivity (Wildman–Crippen MR) is 122 cm³/mol. The van der Waals surface area contributed by atoms with Crippen LogP contribution in [0.25, 0.3) is 5.82 Å². The molecule has 7 nitrogen and oxygen atoms in total. The third-order valence-corrected chi connectivity index (χ3v) is 5.27. The highest BCUT2D eigenvalue weighted by Gasteiger charge is 2.31. The van der Waals surface area contributed by atoms with Crippen LogP contribution in [0.4, 0.5) is 18.9 Å². The van der Waals surface area contributed by atoms with Crippen LogP contribution in [-0.4, -0.2) is 45.1 Å². The maximum atomic E-state index is 13.1. The fourth-order valence-corrected chi connectivity index (χ4v) is 3.49. The van der Waals surface area contributed by atoms with Gasteiger partial charge in [-0.3, -0.25) is 9.59 Å². The number of carbonyl (C=O) groups excluding carboxylic acids is 2. The Hall–Kier alpha value is -3.69. The molecule has 0 bridgehead atoms. The first-order chi connectivity index (χ1) is 15.9. The first kappa shape index (κ1) is 24.9. The second-order valence-electron chi connectivity index (χ2n) is 8.44. The van der Waals surface area contributed by atoms with Crippen molar-refractivity contribution in [1.29, 1.82) is 0 Å². The summed E-state index contributed by atoms with van der Waals surface area (Å²) >= 11 is 0. The van der Waals surface area contributed by atoms with Crippen LogP contribution in [0, 0.1) is 13.8 Å². The highest BCUT2D eigenvalue weighted by atomic mass is 19.4. The third-order valence-electron chi connectivity index (χ3n) is 5.27. The summed E-state index contributed by atoms with van der Waals surface area (Å²) in [5.74, 6) is -0.820. The summed E-state index contributed by atoms with van der Waals surface area (Å²) in [6, 6.07) is 7.82. The number of pyridine rings is 1. The molecule has 1 aromatic carbocycles. The molecule has 0 saturated carbocycles. The minimum atomic E-state index is -4.50. The van der Waals surface area contributed by atoms with Crippen molar-refractivity contribution in [3.05, 3.63) is 70.7 Å². The molecule has 0 radical (unpaired) electrons. The van der Waals surface area contributed by atoms with Crippen LogP contribution in [0.5, 0.6) is 0 Å². The van der Waals surface area contributed by atoms with Gasteiger partial charge in [-0.15, -0.1) is 0 Å². The molecule has 0 fully saturated rings. The summed E-state index contributed by atoms with van der Waals surface area (Å²) in [6.45, 7) is 7.28. The zero-order chi connectivity index (χ0) is 25.2. The number of hydrogen-bond acceptors (Lipinski definition) is 4. The van der Waals surface area contributed by atoms with Crippen LogP contribution in [0.3, 0.4) is 0 Å². The van der Waals surface area contributed by atoms with Crippen LogP contribution in [0.15, 0.2) is 42.7 Å². The largest absolute Gasteiger partial charge is 0.417 e. The standard InChI is InChI=1S/C24H26F3N5O2/c1-14(2)22-18(12-29-32(22)20-9-8-17(11-28-20)24(25,26)27)23(34)31(5)13-21(33)30-19-10-15(3)6-7-16(19)4/h6-12,14H,13H2,1-5H3,(H,30,33). The number of alkyl halides is 3. The summed E-state index contributed by atoms with van der Waals surface area (Å²) < 4.78 is 39.9. The topological polar surface area (TPSA) is 80.1 Å². The molecular weight excluding hydrogens is 447 g/mol. The van der Waals surface area contributed by atoms with Crippen molar-refractivity contribution in [1.82, 2.24) is 19.7 Å². The maximum Gasteiger partial charge on any atom is 0.417 e. The maximum absolute atomic E-state index is 13.1. The van der Waals surface area contributed by atoms with Gasteiger partial charge in [0.2, 0.25) is 5.91 Å². The van der Waals surface area contributed by atoms with E-state index in [1.807, 2.05) is 45.9 Å². The van der Waals surface area contributed by atoms with Crippen molar-refractivity contribution in [3.63, 3.8) is 0 Å². The molecule has 0 unspecified atom stereocenters. The van der Waals surface area contributed by atoms with Gasteiger partial charge < -0.3 is 10.2 Å². The molecule has 10 heteroatoms. The minimum absolute atomic E-state index is 0.158. The van der Waals surface area contributed by atoms with E-state index in [0.717, 1.165) is 23.4 Å². The van der Waals surface area contributed by atoms with Gasteiger partial charge in [0.25, 0.3) is 5.91 Å². The highest BCUT2D eigenvalue weighted by Crippen LogP contribution is 2.29. The van der Waals surface area contributed by atoms with Crippen molar-refractivity contribution in [2.75, 3.05) is 18.9 Å². The average molecular weight is 473 g/mol. The van der Waals surface area contributed by atoms with E-state index in [2.05, 4.69) is 15.4 Å². The van der Waals surface area contributed by atoms with E-state index in [-0.39, 0.29) is 29.8 Å². The fourth-order valence-electron chi connectivity index (χ4n) is 3.49. The molecule has 1 N–H and O–H groups in total. The number of aryl methyl sites for hydroxylation is 2. The van der Waals surface area contributed by atoms with Gasteiger partial charge in [0.1, 0.15) is 0 Å². The molecule has 0 atom stereocenters. The molecule has 2 amide bonds. The van der Waals surface area contributed by atoms with E-state index in [1.54, 1.807) is 0 Å². The van der Waals surface area contributed by atoms with Crippen molar-refractivity contribution in [3.8, 4) is 5.82 Å². The van der Waals surface area contributed by atoms with Gasteiger partial charge in [-0.2, -0.15) is 18.3 Å². The molecule has 180 valence electrons. The number of halogens is 3. The second-order valence-corrected chi connectivity index (χ2v) is 8.44. The Morgan fingerprint density at radius 2 is 1.82 bits per heavy atom. The molecule has 0 spiro atoms. The number of hydrogen-bond donors (Lipinski definition) is 1. The smallest absolute Gasteiger partial charge is 0.332 e. The lowest BCUT2D eigenvalue weighted by atomic mass is 10.0. The molecule has 0 aliphatic rings. The Labute approximate surface area is 195 Å². The van der Waals surface area contributed by atoms with E-state index < -0.39 is 17.6 Å². The monoisotopic (exact) mass is 473 g/mol. The number of aromatic nitrogens is 3. The molecule has 2 aromatic heterocycles. The molecule has 3 aromatic rings. The summed E-state index contributed by atoms with van der Waals surface area (Å²) in [5.41, 5.74) is 2.43. The number of anilines is 1. The van der Waals surface area contributed by atoms with Gasteiger partial charge in [0.15, 0.2) is 5.82 Å². The van der Waals surface area contributed by atoms with E-state index in [0.29, 0.717) is 11.4 Å². The molecular formula is C24H26F3N5O2. The molecule has 0 aliphatic heterocycles. The lowest BCUT2D eigenvalue weighted by Gasteiger charge is -2.19. The van der Waals surface area contributed by atoms with Crippen LogP contribution in [0.1, 0.15) is 52.5 Å². The van der Waals surface area contributed by atoms with Gasteiger partial charge in [0.05, 0.1) is 29.6 Å². The van der Waals surface area contributed by atoms with Gasteiger partial charge in [0, 0.05) is 18.9 Å². The Morgan fingerprint density at radius 1 is 1.12 bits per heavy atom. The summed E-state index contributed by atoms with van der Waals surface area (Å²) in [4.78, 5) is 30.8. The van der Waals surface area contributed by atoms with Crippen molar-refractivity contribution in [2.45, 2.75) is 39.8 Å². The number of likely N-dealkylation sites (N-methyl/N-ethyl adjacent to an activating group) is 1. The summed E-state index contributed by atoms with van der Waals surface area (Å²) in [6.07, 6.45) is -2.43. The van der Waals surface area contributed by atoms with Crippen LogP contribution < -0.4 is 5.32 Å². The van der Waals surface area contributed by atoms with Crippen LogP contribution >= 0.6 is 0 Å². The number of nitrogens with one attached hydrogen (secondary N) is 1. The minimum Gasteiger partial charge on any atom is -0.332 e. The Morgan fingerprint density at radius 3 is 2.41 bits per heavy atom. The molecule has 2 heterocycles. The van der Waals surface area contributed by atoms with E-state index in [1.165, 1.54) is 28.9 Å². The van der Waals surface area contributed by atoms with Gasteiger partial charge >= 0.3 is 6.18 Å². The Balaban J connectivity index is 1.81. The zero-order valence-corrected chi connectivity index (χ0v) is 19.6. The Kier molecular flexibility index (Phi) is 7.09. The van der Waals surface area contributed by atoms with Crippen molar-refractivity contribution in [2.24, 2.45) is 0 Å². The third kappa shape index (κ3) is 5.44. The van der Waals surface area contributed by atoms with E-state index in [4.69, 9.17) is 0 Å². The van der Waals surface area contributed by atoms with Gasteiger partial charge in [-0.1, -0.05) is 26.0 Å². The number of nitrogens with zero attached hydrogens (tertiary/aromatic N) is 4.